The van der Waals surface area contributed by atoms with Crippen molar-refractivity contribution in [3.8, 4) is 45.3 Å². The van der Waals surface area contributed by atoms with Crippen LogP contribution in [0.15, 0.2) is 170 Å². The second-order valence-electron chi connectivity index (χ2n) is 13.5. The zero-order valence-electron chi connectivity index (χ0n) is 29.0. The molecule has 4 aromatic heterocycles. The van der Waals surface area contributed by atoms with Crippen LogP contribution in [0, 0.1) is 13.8 Å². The summed E-state index contributed by atoms with van der Waals surface area (Å²) in [5.74, 6) is 0. The maximum absolute atomic E-state index is 5.23. The van der Waals surface area contributed by atoms with E-state index in [1.807, 2.05) is 0 Å². The molecule has 0 bridgehead atoms. The van der Waals surface area contributed by atoms with Crippen LogP contribution >= 0.6 is 0 Å². The van der Waals surface area contributed by atoms with Gasteiger partial charge in [-0.25, -0.2) is 9.97 Å². The summed E-state index contributed by atoms with van der Waals surface area (Å²) in [5, 5.41) is 5.01. The molecule has 0 saturated carbocycles. The number of aromatic nitrogens is 4. The Morgan fingerprint density at radius 3 is 1.35 bits per heavy atom. The summed E-state index contributed by atoms with van der Waals surface area (Å²) in [6, 6.07) is 60.3. The Bertz CT molecular complexity index is 2850. The smallest absolute Gasteiger partial charge is 0.0893 e. The maximum Gasteiger partial charge on any atom is 0.0893 e. The average Bonchev–Trinajstić information content (AvgIpc) is 3.72. The monoisotopic (exact) mass is 666 g/mol. The third-order valence-electron chi connectivity index (χ3n) is 10.5. The summed E-state index contributed by atoms with van der Waals surface area (Å²) in [6.07, 6.45) is 0. The number of nitrogens with zero attached hydrogens (tertiary/aromatic N) is 4. The van der Waals surface area contributed by atoms with Gasteiger partial charge in [-0.15, -0.1) is 0 Å². The third-order valence-corrected chi connectivity index (χ3v) is 10.5. The summed E-state index contributed by atoms with van der Waals surface area (Å²) >= 11 is 0. The van der Waals surface area contributed by atoms with Crippen LogP contribution in [0.25, 0.3) is 88.9 Å². The highest BCUT2D eigenvalue weighted by atomic mass is 15.0. The molecule has 0 aliphatic heterocycles. The van der Waals surface area contributed by atoms with Gasteiger partial charge in [-0.2, -0.15) is 0 Å². The molecule has 0 radical (unpaired) electrons. The lowest BCUT2D eigenvalue weighted by Crippen LogP contribution is -2.00. The Kier molecular flexibility index (Phi) is 6.90. The van der Waals surface area contributed by atoms with E-state index >= 15 is 0 Å². The Labute approximate surface area is 301 Å². The van der Waals surface area contributed by atoms with Gasteiger partial charge in [-0.1, -0.05) is 103 Å². The summed E-state index contributed by atoms with van der Waals surface area (Å²) in [7, 11) is 0. The lowest BCUT2D eigenvalue weighted by atomic mass is 10.0. The van der Waals surface area contributed by atoms with Crippen LogP contribution in [0.3, 0.4) is 0 Å². The minimum atomic E-state index is 0.845. The van der Waals surface area contributed by atoms with E-state index in [-0.39, 0.29) is 0 Å². The molecule has 10 aromatic rings. The minimum Gasteiger partial charge on any atom is -0.309 e. The summed E-state index contributed by atoms with van der Waals surface area (Å²) < 4.78 is 4.74. The first-order valence-corrected chi connectivity index (χ1v) is 17.8. The Morgan fingerprint density at radius 1 is 0.365 bits per heavy atom. The molecule has 10 rings (SSSR count). The van der Waals surface area contributed by atoms with E-state index in [0.717, 1.165) is 45.3 Å². The van der Waals surface area contributed by atoms with E-state index in [9.17, 15) is 0 Å². The standard InChI is InChI=1S/C48H34N4/c1-31-28-29-33(51-45-23-7-3-14-35(45)36-15-4-8-24-46(36)51)30-39(31)41-20-13-22-43(50-41)42-21-12-19-40(49-42)34-18-11-27-44(32(34)2)52-47-25-9-5-16-37(47)38-17-6-10-26-48(38)52/h3-30H,1-2H3. The molecule has 0 aliphatic carbocycles. The zero-order valence-corrected chi connectivity index (χ0v) is 29.0. The van der Waals surface area contributed by atoms with Crippen LogP contribution in [-0.2, 0) is 0 Å². The van der Waals surface area contributed by atoms with E-state index in [2.05, 4.69) is 193 Å². The van der Waals surface area contributed by atoms with Gasteiger partial charge < -0.3 is 9.13 Å². The maximum atomic E-state index is 5.23. The van der Waals surface area contributed by atoms with Crippen molar-refractivity contribution in [1.82, 2.24) is 19.1 Å². The van der Waals surface area contributed by atoms with Crippen molar-refractivity contribution in [3.05, 3.63) is 181 Å². The van der Waals surface area contributed by atoms with Gasteiger partial charge in [0, 0.05) is 44.0 Å². The van der Waals surface area contributed by atoms with Crippen molar-refractivity contribution < 1.29 is 0 Å². The second-order valence-corrected chi connectivity index (χ2v) is 13.5. The molecule has 0 spiro atoms. The van der Waals surface area contributed by atoms with Gasteiger partial charge in [0.25, 0.3) is 0 Å². The average molecular weight is 667 g/mol. The Hall–Kier alpha value is -6.78. The molecule has 0 unspecified atom stereocenters. The van der Waals surface area contributed by atoms with Gasteiger partial charge in [-0.05, 0) is 91.7 Å². The predicted molar refractivity (Wildman–Crippen MR) is 216 cm³/mol. The van der Waals surface area contributed by atoms with Crippen LogP contribution in [0.1, 0.15) is 11.1 Å². The van der Waals surface area contributed by atoms with Crippen molar-refractivity contribution in [2.75, 3.05) is 0 Å². The normalized spacial score (nSPS) is 11.7. The molecule has 0 amide bonds. The highest BCUT2D eigenvalue weighted by molar-refractivity contribution is 6.10. The van der Waals surface area contributed by atoms with Crippen LogP contribution < -0.4 is 0 Å². The van der Waals surface area contributed by atoms with Gasteiger partial charge >= 0.3 is 0 Å². The van der Waals surface area contributed by atoms with E-state index in [1.165, 1.54) is 54.7 Å². The van der Waals surface area contributed by atoms with Crippen molar-refractivity contribution in [3.63, 3.8) is 0 Å². The number of para-hydroxylation sites is 4. The second kappa shape index (κ2) is 11.9. The lowest BCUT2D eigenvalue weighted by Gasteiger charge is -2.15. The van der Waals surface area contributed by atoms with Gasteiger partial charge in [0.1, 0.15) is 0 Å². The number of rotatable bonds is 5. The minimum absolute atomic E-state index is 0.845. The summed E-state index contributed by atoms with van der Waals surface area (Å²) in [6.45, 7) is 4.36. The highest BCUT2D eigenvalue weighted by Gasteiger charge is 2.17. The molecule has 0 saturated heterocycles. The van der Waals surface area contributed by atoms with Crippen LogP contribution in [0.4, 0.5) is 0 Å². The van der Waals surface area contributed by atoms with Crippen molar-refractivity contribution in [2.24, 2.45) is 0 Å². The van der Waals surface area contributed by atoms with Gasteiger partial charge in [-0.3, -0.25) is 0 Å². The molecule has 246 valence electrons. The number of hydrogen-bond donors (Lipinski definition) is 0. The molecule has 0 aliphatic rings. The molecule has 4 heteroatoms. The molecule has 0 N–H and O–H groups in total. The summed E-state index contributed by atoms with van der Waals surface area (Å²) in [4.78, 5) is 10.5. The van der Waals surface area contributed by atoms with E-state index in [0.29, 0.717) is 0 Å². The fourth-order valence-corrected chi connectivity index (χ4v) is 8.01. The number of aryl methyl sites for hydroxylation is 1. The van der Waals surface area contributed by atoms with Crippen molar-refractivity contribution >= 4 is 43.6 Å². The molecule has 4 nitrogen and oxygen atoms in total. The van der Waals surface area contributed by atoms with E-state index < -0.39 is 0 Å². The number of fused-ring (bicyclic) bond motifs is 6. The molecule has 6 aromatic carbocycles. The molecule has 0 atom stereocenters. The number of benzene rings is 6. The van der Waals surface area contributed by atoms with Gasteiger partial charge in [0.05, 0.1) is 44.8 Å². The molecular formula is C48H34N4. The largest absolute Gasteiger partial charge is 0.309 e. The SMILES string of the molecule is Cc1ccc(-n2c3ccccc3c3ccccc32)cc1-c1cccc(-c2cccc(-c3cccc(-n4c5ccccc5c5ccccc54)c3C)n2)n1. The predicted octanol–water partition coefficient (Wildman–Crippen LogP) is 12.3. The number of pyridine rings is 2. The summed E-state index contributed by atoms with van der Waals surface area (Å²) in [5.41, 5.74) is 15.2. The van der Waals surface area contributed by atoms with Crippen LogP contribution in [0.2, 0.25) is 0 Å². The van der Waals surface area contributed by atoms with E-state index in [4.69, 9.17) is 9.97 Å². The van der Waals surface area contributed by atoms with Gasteiger partial charge in [0.2, 0.25) is 0 Å². The van der Waals surface area contributed by atoms with E-state index in [1.54, 1.807) is 0 Å². The molecular weight excluding hydrogens is 633 g/mol. The van der Waals surface area contributed by atoms with Gasteiger partial charge in [0.15, 0.2) is 0 Å². The quantitative estimate of drug-likeness (QED) is 0.183. The van der Waals surface area contributed by atoms with Crippen LogP contribution in [-0.4, -0.2) is 19.1 Å². The fraction of sp³-hybridized carbons (Fsp3) is 0.0417. The third kappa shape index (κ3) is 4.69. The Morgan fingerprint density at radius 2 is 0.808 bits per heavy atom. The first-order chi connectivity index (χ1) is 25.6. The topological polar surface area (TPSA) is 35.6 Å². The lowest BCUT2D eigenvalue weighted by molar-refractivity contribution is 1.15. The molecule has 52 heavy (non-hydrogen) atoms. The van der Waals surface area contributed by atoms with Crippen molar-refractivity contribution in [2.45, 2.75) is 13.8 Å². The zero-order chi connectivity index (χ0) is 34.8. The fourth-order valence-electron chi connectivity index (χ4n) is 8.01. The molecule has 4 heterocycles. The first kappa shape index (κ1) is 30.1. The van der Waals surface area contributed by atoms with Crippen LogP contribution in [0.5, 0.6) is 0 Å². The van der Waals surface area contributed by atoms with Crippen molar-refractivity contribution in [1.29, 1.82) is 0 Å². The Balaban J connectivity index is 1.06. The number of hydrogen-bond acceptors (Lipinski definition) is 2. The molecule has 0 fully saturated rings. The first-order valence-electron chi connectivity index (χ1n) is 17.8. The highest BCUT2D eigenvalue weighted by Crippen LogP contribution is 2.37.